The van der Waals surface area contributed by atoms with Gasteiger partial charge in [0.15, 0.2) is 11.5 Å². The standard InChI is InChI=1S/C17H19NO3.C2HF3O2/c1-21-13-4-2-11(3-5-13)8-15-14-10-17(20)16(19)9-12(14)6-7-18-15;3-2(4,5)1(6)7/h2-5,9-10,15,18-20H,6-8H2,1H3;(H,6,7). The zero-order valence-corrected chi connectivity index (χ0v) is 15.0. The number of phenolic OH excluding ortho intramolecular Hbond substituents is 2. The molecule has 0 amide bonds. The third-order valence-electron chi connectivity index (χ3n) is 4.24. The first-order valence-corrected chi connectivity index (χ1v) is 8.33. The number of carbonyl (C=O) groups is 1. The number of methoxy groups -OCH3 is 1. The Kier molecular flexibility index (Phi) is 6.74. The second kappa shape index (κ2) is 8.83. The number of hydrogen-bond acceptors (Lipinski definition) is 5. The Balaban J connectivity index is 0.000000345. The lowest BCUT2D eigenvalue weighted by Crippen LogP contribution is -2.31. The van der Waals surface area contributed by atoms with E-state index in [-0.39, 0.29) is 17.5 Å². The summed E-state index contributed by atoms with van der Waals surface area (Å²) in [5.41, 5.74) is 3.36. The number of hydrogen-bond donors (Lipinski definition) is 4. The molecule has 3 rings (SSSR count). The molecule has 2 aromatic carbocycles. The lowest BCUT2D eigenvalue weighted by Gasteiger charge is -2.27. The van der Waals surface area contributed by atoms with E-state index in [9.17, 15) is 23.4 Å². The molecule has 2 aromatic rings. The van der Waals surface area contributed by atoms with Crippen LogP contribution in [0.4, 0.5) is 13.2 Å². The quantitative estimate of drug-likeness (QED) is 0.592. The van der Waals surface area contributed by atoms with Crippen molar-refractivity contribution in [3.05, 3.63) is 53.1 Å². The number of carboxylic acid groups (broad SMARTS) is 1. The number of halogens is 3. The molecule has 0 saturated heterocycles. The van der Waals surface area contributed by atoms with E-state index >= 15 is 0 Å². The molecule has 4 N–H and O–H groups in total. The van der Waals surface area contributed by atoms with Crippen molar-refractivity contribution >= 4 is 5.97 Å². The summed E-state index contributed by atoms with van der Waals surface area (Å²) in [5.74, 6) is -2.01. The van der Waals surface area contributed by atoms with Crippen molar-refractivity contribution in [2.24, 2.45) is 0 Å². The van der Waals surface area contributed by atoms with Crippen molar-refractivity contribution in [1.82, 2.24) is 5.32 Å². The van der Waals surface area contributed by atoms with E-state index in [0.29, 0.717) is 0 Å². The number of nitrogens with one attached hydrogen (secondary N) is 1. The molecule has 1 aliphatic heterocycles. The smallest absolute Gasteiger partial charge is 0.490 e. The summed E-state index contributed by atoms with van der Waals surface area (Å²) in [4.78, 5) is 8.90. The number of alkyl halides is 3. The highest BCUT2D eigenvalue weighted by molar-refractivity contribution is 5.73. The van der Waals surface area contributed by atoms with Gasteiger partial charge in [0, 0.05) is 6.04 Å². The first kappa shape index (κ1) is 21.4. The number of fused-ring (bicyclic) bond motifs is 1. The van der Waals surface area contributed by atoms with Gasteiger partial charge in [-0.3, -0.25) is 0 Å². The fraction of sp³-hybridized carbons (Fsp3) is 0.316. The van der Waals surface area contributed by atoms with Crippen molar-refractivity contribution < 1.29 is 38.0 Å². The Hall–Kier alpha value is -2.94. The number of aliphatic carboxylic acids is 1. The largest absolute Gasteiger partial charge is 0.504 e. The lowest BCUT2D eigenvalue weighted by molar-refractivity contribution is -0.192. The molecule has 1 heterocycles. The maximum Gasteiger partial charge on any atom is 0.490 e. The molecule has 1 atom stereocenters. The molecule has 1 unspecified atom stereocenters. The van der Waals surface area contributed by atoms with E-state index in [1.165, 1.54) is 5.56 Å². The van der Waals surface area contributed by atoms with E-state index in [0.717, 1.165) is 36.3 Å². The van der Waals surface area contributed by atoms with Crippen LogP contribution in [-0.2, 0) is 17.6 Å². The SMILES string of the molecule is COc1ccc(CC2NCCc3cc(O)c(O)cc32)cc1.O=C(O)C(F)(F)F. The van der Waals surface area contributed by atoms with Crippen LogP contribution in [0, 0.1) is 0 Å². The Morgan fingerprint density at radius 1 is 1.18 bits per heavy atom. The van der Waals surface area contributed by atoms with Gasteiger partial charge in [-0.2, -0.15) is 13.2 Å². The Labute approximate surface area is 159 Å². The van der Waals surface area contributed by atoms with Crippen LogP contribution in [0.1, 0.15) is 22.7 Å². The summed E-state index contributed by atoms with van der Waals surface area (Å²) in [7, 11) is 1.66. The van der Waals surface area contributed by atoms with Crippen LogP contribution in [0.25, 0.3) is 0 Å². The van der Waals surface area contributed by atoms with E-state index in [1.807, 2.05) is 12.1 Å². The minimum Gasteiger partial charge on any atom is -0.504 e. The van der Waals surface area contributed by atoms with Gasteiger partial charge in [0.1, 0.15) is 5.75 Å². The van der Waals surface area contributed by atoms with Crippen LogP contribution in [0.2, 0.25) is 0 Å². The molecule has 28 heavy (non-hydrogen) atoms. The third kappa shape index (κ3) is 5.53. The van der Waals surface area contributed by atoms with E-state index < -0.39 is 12.1 Å². The lowest BCUT2D eigenvalue weighted by atomic mass is 9.90. The minimum atomic E-state index is -5.08. The molecule has 0 saturated carbocycles. The van der Waals surface area contributed by atoms with Crippen LogP contribution >= 0.6 is 0 Å². The van der Waals surface area contributed by atoms with E-state index in [4.69, 9.17) is 14.6 Å². The molecule has 1 aliphatic rings. The van der Waals surface area contributed by atoms with Crippen LogP contribution in [0.3, 0.4) is 0 Å². The van der Waals surface area contributed by atoms with Gasteiger partial charge < -0.3 is 25.4 Å². The van der Waals surface area contributed by atoms with Gasteiger partial charge in [0.2, 0.25) is 0 Å². The second-order valence-electron chi connectivity index (χ2n) is 6.15. The molecular weight excluding hydrogens is 379 g/mol. The number of phenols is 2. The molecule has 0 aromatic heterocycles. The minimum absolute atomic E-state index is 0.0427. The number of rotatable bonds is 3. The Morgan fingerprint density at radius 2 is 1.75 bits per heavy atom. The van der Waals surface area contributed by atoms with Crippen LogP contribution in [0.5, 0.6) is 17.2 Å². The van der Waals surface area contributed by atoms with Gasteiger partial charge in [0.05, 0.1) is 7.11 Å². The highest BCUT2D eigenvalue weighted by Crippen LogP contribution is 2.34. The molecule has 0 bridgehead atoms. The molecule has 152 valence electrons. The monoisotopic (exact) mass is 399 g/mol. The normalized spacial score (nSPS) is 15.8. The summed E-state index contributed by atoms with van der Waals surface area (Å²) in [6, 6.07) is 11.5. The van der Waals surface area contributed by atoms with Crippen molar-refractivity contribution in [3.8, 4) is 17.2 Å². The maximum atomic E-state index is 10.6. The highest BCUT2D eigenvalue weighted by Gasteiger charge is 2.38. The average Bonchev–Trinajstić information content (AvgIpc) is 2.64. The van der Waals surface area contributed by atoms with Gasteiger partial charge in [-0.05, 0) is 60.3 Å². The molecule has 0 fully saturated rings. The summed E-state index contributed by atoms with van der Waals surface area (Å²) in [6.07, 6.45) is -3.39. The Bertz CT molecular complexity index is 822. The first-order valence-electron chi connectivity index (χ1n) is 8.33. The van der Waals surface area contributed by atoms with Crippen molar-refractivity contribution in [3.63, 3.8) is 0 Å². The predicted molar refractivity (Wildman–Crippen MR) is 94.6 cm³/mol. The van der Waals surface area contributed by atoms with Gasteiger partial charge >= 0.3 is 12.1 Å². The maximum absolute atomic E-state index is 10.6. The van der Waals surface area contributed by atoms with Gasteiger partial charge in [0.25, 0.3) is 0 Å². The van der Waals surface area contributed by atoms with E-state index in [2.05, 4.69) is 17.4 Å². The first-order chi connectivity index (χ1) is 13.1. The molecule has 6 nitrogen and oxygen atoms in total. The highest BCUT2D eigenvalue weighted by atomic mass is 19.4. The van der Waals surface area contributed by atoms with Gasteiger partial charge in [-0.25, -0.2) is 4.79 Å². The molecular formula is C19H20F3NO5. The van der Waals surface area contributed by atoms with E-state index in [1.54, 1.807) is 19.2 Å². The number of carboxylic acids is 1. The predicted octanol–water partition coefficient (Wildman–Crippen LogP) is 3.17. The number of benzene rings is 2. The fourth-order valence-electron chi connectivity index (χ4n) is 2.85. The summed E-state index contributed by atoms with van der Waals surface area (Å²) < 4.78 is 36.9. The topological polar surface area (TPSA) is 99.0 Å². The number of ether oxygens (including phenoxy) is 1. The molecule has 0 radical (unpaired) electrons. The van der Waals surface area contributed by atoms with Crippen molar-refractivity contribution in [2.45, 2.75) is 25.1 Å². The summed E-state index contributed by atoms with van der Waals surface area (Å²) in [6.45, 7) is 0.873. The van der Waals surface area contributed by atoms with Crippen LogP contribution in [0.15, 0.2) is 36.4 Å². The molecule has 0 spiro atoms. The zero-order chi connectivity index (χ0) is 20.9. The number of aromatic hydroxyl groups is 2. The van der Waals surface area contributed by atoms with Gasteiger partial charge in [-0.1, -0.05) is 12.1 Å². The fourth-order valence-corrected chi connectivity index (χ4v) is 2.85. The van der Waals surface area contributed by atoms with Crippen LogP contribution in [-0.4, -0.2) is 41.1 Å². The summed E-state index contributed by atoms with van der Waals surface area (Å²) >= 11 is 0. The van der Waals surface area contributed by atoms with Crippen LogP contribution < -0.4 is 10.1 Å². The second-order valence-corrected chi connectivity index (χ2v) is 6.15. The summed E-state index contributed by atoms with van der Waals surface area (Å²) in [5, 5.41) is 30.0. The Morgan fingerprint density at radius 3 is 2.29 bits per heavy atom. The zero-order valence-electron chi connectivity index (χ0n) is 15.0. The third-order valence-corrected chi connectivity index (χ3v) is 4.24. The van der Waals surface area contributed by atoms with Crippen molar-refractivity contribution in [1.29, 1.82) is 0 Å². The average molecular weight is 399 g/mol. The molecule has 9 heteroatoms. The van der Waals surface area contributed by atoms with Gasteiger partial charge in [-0.15, -0.1) is 0 Å². The molecule has 0 aliphatic carbocycles. The van der Waals surface area contributed by atoms with Crippen molar-refractivity contribution in [2.75, 3.05) is 13.7 Å².